The summed E-state index contributed by atoms with van der Waals surface area (Å²) in [4.78, 5) is 0. The Morgan fingerprint density at radius 2 is 2.12 bits per heavy atom. The van der Waals surface area contributed by atoms with Crippen LogP contribution in [0.15, 0.2) is 34.7 Å². The molecule has 0 saturated carbocycles. The van der Waals surface area contributed by atoms with E-state index in [4.69, 9.17) is 16.0 Å². The lowest BCUT2D eigenvalue weighted by Gasteiger charge is -2.08. The largest absolute Gasteiger partial charge is 0.464 e. The average molecular weight is 255 g/mol. The highest BCUT2D eigenvalue weighted by molar-refractivity contribution is 6.30. The Kier molecular flexibility index (Phi) is 3.50. The third-order valence-corrected chi connectivity index (χ3v) is 2.81. The first-order valence-corrected chi connectivity index (χ1v) is 5.62. The van der Waals surface area contributed by atoms with Crippen LogP contribution in [0.4, 0.5) is 4.39 Å². The lowest BCUT2D eigenvalue weighted by Crippen LogP contribution is -2.00. The maximum absolute atomic E-state index is 13.2. The van der Waals surface area contributed by atoms with Crippen LogP contribution in [0, 0.1) is 12.7 Å². The first-order valence-electron chi connectivity index (χ1n) is 5.24. The number of rotatable bonds is 3. The topological polar surface area (TPSA) is 33.4 Å². The smallest absolute Gasteiger partial charge is 0.142 e. The monoisotopic (exact) mass is 254 g/mol. The van der Waals surface area contributed by atoms with Gasteiger partial charge in [0.15, 0.2) is 0 Å². The van der Waals surface area contributed by atoms with Gasteiger partial charge >= 0.3 is 0 Å². The van der Waals surface area contributed by atoms with Gasteiger partial charge in [-0.25, -0.2) is 4.39 Å². The maximum atomic E-state index is 13.2. The van der Waals surface area contributed by atoms with Crippen molar-refractivity contribution in [2.75, 3.05) is 0 Å². The van der Waals surface area contributed by atoms with Crippen LogP contribution in [0.2, 0.25) is 5.02 Å². The molecule has 17 heavy (non-hydrogen) atoms. The fraction of sp³-hybridized carbons (Fsp3) is 0.231. The van der Waals surface area contributed by atoms with E-state index >= 15 is 0 Å². The Balaban J connectivity index is 2.12. The standard InChI is InChI=1S/C13H12ClFO2/c1-8-2-5-13(17-8)12(16)7-9-3-4-10(14)11(15)6-9/h2-6,12,16H,7H2,1H3. The molecule has 1 N–H and O–H groups in total. The molecule has 1 heterocycles. The van der Waals surface area contributed by atoms with Crippen molar-refractivity contribution in [2.24, 2.45) is 0 Å². The molecule has 1 aromatic carbocycles. The Labute approximate surface area is 104 Å². The third kappa shape index (κ3) is 2.87. The van der Waals surface area contributed by atoms with Crippen LogP contribution in [0.3, 0.4) is 0 Å². The van der Waals surface area contributed by atoms with Crippen LogP contribution in [-0.2, 0) is 6.42 Å². The molecule has 0 bridgehead atoms. The molecular formula is C13H12ClFO2. The number of furan rings is 1. The van der Waals surface area contributed by atoms with E-state index in [1.54, 1.807) is 25.1 Å². The molecule has 0 aliphatic rings. The minimum atomic E-state index is -0.774. The van der Waals surface area contributed by atoms with E-state index in [1.807, 2.05) is 0 Å². The van der Waals surface area contributed by atoms with E-state index in [0.717, 1.165) is 5.76 Å². The van der Waals surface area contributed by atoms with E-state index in [9.17, 15) is 9.50 Å². The predicted octanol–water partition coefficient (Wildman–Crippen LogP) is 3.66. The second-order valence-corrected chi connectivity index (χ2v) is 4.32. The van der Waals surface area contributed by atoms with Crippen molar-refractivity contribution in [3.05, 3.63) is 58.3 Å². The van der Waals surface area contributed by atoms with Crippen molar-refractivity contribution in [1.29, 1.82) is 0 Å². The van der Waals surface area contributed by atoms with Gasteiger partial charge in [-0.3, -0.25) is 0 Å². The number of hydrogen-bond acceptors (Lipinski definition) is 2. The Morgan fingerprint density at radius 1 is 1.35 bits per heavy atom. The fourth-order valence-corrected chi connectivity index (χ4v) is 1.74. The molecule has 0 spiro atoms. The summed E-state index contributed by atoms with van der Waals surface area (Å²) in [6, 6.07) is 7.98. The molecule has 0 saturated heterocycles. The molecule has 1 atom stereocenters. The van der Waals surface area contributed by atoms with Crippen LogP contribution in [0.25, 0.3) is 0 Å². The van der Waals surface area contributed by atoms with Gasteiger partial charge in [-0.05, 0) is 36.8 Å². The highest BCUT2D eigenvalue weighted by atomic mass is 35.5. The van der Waals surface area contributed by atoms with Gasteiger partial charge in [-0.15, -0.1) is 0 Å². The van der Waals surface area contributed by atoms with Gasteiger partial charge in [0, 0.05) is 6.42 Å². The summed E-state index contributed by atoms with van der Waals surface area (Å²) in [6.45, 7) is 1.80. The number of aryl methyl sites for hydroxylation is 1. The molecule has 90 valence electrons. The van der Waals surface area contributed by atoms with E-state index in [0.29, 0.717) is 17.7 Å². The van der Waals surface area contributed by atoms with Crippen molar-refractivity contribution in [3.8, 4) is 0 Å². The molecule has 4 heteroatoms. The summed E-state index contributed by atoms with van der Waals surface area (Å²) in [5.41, 5.74) is 0.674. The predicted molar refractivity (Wildman–Crippen MR) is 63.5 cm³/mol. The zero-order chi connectivity index (χ0) is 12.4. The van der Waals surface area contributed by atoms with Gasteiger partial charge in [0.05, 0.1) is 5.02 Å². The second kappa shape index (κ2) is 4.90. The van der Waals surface area contributed by atoms with E-state index in [1.165, 1.54) is 12.1 Å². The lowest BCUT2D eigenvalue weighted by molar-refractivity contribution is 0.149. The van der Waals surface area contributed by atoms with Crippen molar-refractivity contribution < 1.29 is 13.9 Å². The van der Waals surface area contributed by atoms with Crippen LogP contribution in [-0.4, -0.2) is 5.11 Å². The fourth-order valence-electron chi connectivity index (χ4n) is 1.62. The molecule has 2 nitrogen and oxygen atoms in total. The van der Waals surface area contributed by atoms with Gasteiger partial charge in [0.2, 0.25) is 0 Å². The molecule has 1 unspecified atom stereocenters. The highest BCUT2D eigenvalue weighted by Gasteiger charge is 2.13. The summed E-state index contributed by atoms with van der Waals surface area (Å²) in [6.07, 6.45) is -0.481. The summed E-state index contributed by atoms with van der Waals surface area (Å²) in [5.74, 6) is 0.742. The van der Waals surface area contributed by atoms with Gasteiger partial charge in [-0.2, -0.15) is 0 Å². The Hall–Kier alpha value is -1.32. The number of aliphatic hydroxyl groups is 1. The molecule has 0 radical (unpaired) electrons. The molecule has 0 aliphatic carbocycles. The first-order chi connectivity index (χ1) is 8.06. The van der Waals surface area contributed by atoms with Crippen molar-refractivity contribution in [3.63, 3.8) is 0 Å². The van der Waals surface area contributed by atoms with Crippen molar-refractivity contribution in [1.82, 2.24) is 0 Å². The van der Waals surface area contributed by atoms with E-state index < -0.39 is 11.9 Å². The minimum absolute atomic E-state index is 0.0806. The number of halogens is 2. The molecule has 0 aliphatic heterocycles. The number of aliphatic hydroxyl groups excluding tert-OH is 1. The van der Waals surface area contributed by atoms with Crippen LogP contribution in [0.5, 0.6) is 0 Å². The molecular weight excluding hydrogens is 243 g/mol. The molecule has 0 amide bonds. The second-order valence-electron chi connectivity index (χ2n) is 3.92. The van der Waals surface area contributed by atoms with Crippen LogP contribution < -0.4 is 0 Å². The molecule has 1 aromatic heterocycles. The summed E-state index contributed by atoms with van der Waals surface area (Å²) in [7, 11) is 0. The summed E-state index contributed by atoms with van der Waals surface area (Å²) >= 11 is 5.58. The van der Waals surface area contributed by atoms with Gasteiger partial charge in [-0.1, -0.05) is 17.7 Å². The van der Waals surface area contributed by atoms with E-state index in [-0.39, 0.29) is 5.02 Å². The quantitative estimate of drug-likeness (QED) is 0.907. The number of benzene rings is 1. The normalized spacial score (nSPS) is 12.7. The summed E-state index contributed by atoms with van der Waals surface area (Å²) < 4.78 is 18.5. The number of hydrogen-bond donors (Lipinski definition) is 1. The van der Waals surface area contributed by atoms with Crippen molar-refractivity contribution in [2.45, 2.75) is 19.4 Å². The van der Waals surface area contributed by atoms with Crippen LogP contribution >= 0.6 is 11.6 Å². The lowest BCUT2D eigenvalue weighted by atomic mass is 10.1. The first kappa shape index (κ1) is 12.1. The zero-order valence-corrected chi connectivity index (χ0v) is 10.0. The van der Waals surface area contributed by atoms with Crippen molar-refractivity contribution >= 4 is 11.6 Å². The Morgan fingerprint density at radius 3 is 2.71 bits per heavy atom. The third-order valence-electron chi connectivity index (χ3n) is 2.50. The highest BCUT2D eigenvalue weighted by Crippen LogP contribution is 2.22. The SMILES string of the molecule is Cc1ccc(C(O)Cc2ccc(Cl)c(F)c2)o1. The molecule has 0 fully saturated rings. The maximum Gasteiger partial charge on any atom is 0.142 e. The van der Waals surface area contributed by atoms with Gasteiger partial charge in [0.1, 0.15) is 23.4 Å². The van der Waals surface area contributed by atoms with Gasteiger partial charge in [0.25, 0.3) is 0 Å². The van der Waals surface area contributed by atoms with E-state index in [2.05, 4.69) is 0 Å². The molecule has 2 aromatic rings. The Bertz CT molecular complexity index is 522. The zero-order valence-electron chi connectivity index (χ0n) is 9.28. The van der Waals surface area contributed by atoms with Gasteiger partial charge < -0.3 is 9.52 Å². The molecule has 2 rings (SSSR count). The summed E-state index contributed by atoms with van der Waals surface area (Å²) in [5, 5.41) is 9.98. The van der Waals surface area contributed by atoms with Crippen LogP contribution in [0.1, 0.15) is 23.2 Å². The minimum Gasteiger partial charge on any atom is -0.464 e. The average Bonchev–Trinajstić information content (AvgIpc) is 2.70.